The maximum Gasteiger partial charge on any atom is 0.325 e. The number of fused-ring (bicyclic) bond motifs is 15. The zero-order valence-corrected chi connectivity index (χ0v) is 66.5. The normalized spacial score (nSPS) is 27.6. The Bertz CT molecular complexity index is 4990. The molecular weight excluding hydrogens is 1580 g/mol. The van der Waals surface area contributed by atoms with Crippen molar-refractivity contribution < 1.29 is 111 Å². The number of nitrogens with one attached hydrogen (secondary N) is 11. The van der Waals surface area contributed by atoms with E-state index in [-0.39, 0.29) is 122 Å². The minimum atomic E-state index is -3.52. The Morgan fingerprint density at radius 2 is 1.30 bits per heavy atom. The van der Waals surface area contributed by atoms with Crippen molar-refractivity contribution in [3.8, 4) is 57.1 Å². The topological polar surface area (TPSA) is 534 Å². The van der Waals surface area contributed by atoms with E-state index in [1.165, 1.54) is 105 Å². The van der Waals surface area contributed by atoms with Gasteiger partial charge in [0.25, 0.3) is 0 Å². The molecule has 0 aromatic heterocycles. The maximum atomic E-state index is 16.5. The molecule has 35 nitrogen and oxygen atoms in total. The van der Waals surface area contributed by atoms with Crippen LogP contribution >= 0.6 is 11.6 Å². The van der Waals surface area contributed by atoms with E-state index in [9.17, 15) is 58.5 Å². The number of aromatic hydroxyl groups is 2. The number of benzene rings is 6. The number of phenolic OH excluding ortho intramolecular Hbond substituents is 2. The lowest BCUT2D eigenvalue weighted by molar-refractivity contribution is -0.270. The van der Waals surface area contributed by atoms with Crippen LogP contribution in [0.5, 0.6) is 46.0 Å². The molecule has 4 saturated carbocycles. The Morgan fingerprint density at radius 1 is 0.661 bits per heavy atom. The van der Waals surface area contributed by atoms with Crippen LogP contribution in [-0.2, 0) is 53.1 Å². The van der Waals surface area contributed by atoms with E-state index in [1.807, 2.05) is 13.8 Å². The van der Waals surface area contributed by atoms with Crippen LogP contribution in [0.4, 0.5) is 10.5 Å². The fourth-order valence-corrected chi connectivity index (χ4v) is 17.7. The number of sulfonamides is 1. The summed E-state index contributed by atoms with van der Waals surface area (Å²) >= 11 is 7.20. The van der Waals surface area contributed by atoms with Crippen LogP contribution in [-0.4, -0.2) is 191 Å². The van der Waals surface area contributed by atoms with Crippen LogP contribution in [0.1, 0.15) is 128 Å². The molecule has 6 aromatic carbocycles. The van der Waals surface area contributed by atoms with Gasteiger partial charge in [0.2, 0.25) is 69.3 Å². The van der Waals surface area contributed by atoms with Crippen molar-refractivity contribution in [3.63, 3.8) is 0 Å². The van der Waals surface area contributed by atoms with Crippen molar-refractivity contribution >= 4 is 80.6 Å². The van der Waals surface area contributed by atoms with Crippen molar-refractivity contribution in [2.45, 2.75) is 164 Å². The number of ether oxygens (including phenoxy) is 5. The second-order valence-corrected chi connectivity index (χ2v) is 33.8. The van der Waals surface area contributed by atoms with Gasteiger partial charge in [-0.05, 0) is 218 Å². The van der Waals surface area contributed by atoms with E-state index in [0.717, 1.165) is 50.5 Å². The zero-order chi connectivity index (χ0) is 84.6. The van der Waals surface area contributed by atoms with E-state index in [0.29, 0.717) is 11.8 Å². The molecule has 4 aliphatic carbocycles. The first-order chi connectivity index (χ1) is 56.1. The highest BCUT2D eigenvalue weighted by atomic mass is 35.5. The number of hydrogen-bond acceptors (Lipinski definition) is 25. The fourth-order valence-electron chi connectivity index (χ4n) is 17.0. The number of phenols is 2. The number of likely N-dealkylation sites (N-methyl/N-ethyl adjacent to an activating group) is 1. The number of hydrogen-bond donors (Lipinski definition) is 19. The van der Waals surface area contributed by atoms with E-state index in [4.69, 9.17) is 41.0 Å². The lowest BCUT2D eigenvalue weighted by Crippen LogP contribution is -2.60. The quantitative estimate of drug-likeness (QED) is 0.0550. The Labute approximate surface area is 682 Å². The Hall–Kier alpha value is -10.8. The first-order valence-electron chi connectivity index (χ1n) is 38.7. The average Bonchev–Trinajstić information content (AvgIpc) is 0.747. The summed E-state index contributed by atoms with van der Waals surface area (Å²) in [5, 5.41) is 109. The molecule has 0 radical (unpaired) electrons. The van der Waals surface area contributed by atoms with Gasteiger partial charge >= 0.3 is 6.03 Å². The van der Waals surface area contributed by atoms with Crippen molar-refractivity contribution in [1.29, 1.82) is 0 Å². The molecule has 6 heterocycles. The highest BCUT2D eigenvalue weighted by Gasteiger charge is 2.51. The number of carbonyl (C=O) groups excluding carboxylic acids is 9. The molecule has 16 rings (SSSR count). The number of aliphatic hydroxyl groups is 5. The molecule has 0 unspecified atom stereocenters. The van der Waals surface area contributed by atoms with Crippen molar-refractivity contribution in [2.75, 3.05) is 38.3 Å². The minimum absolute atomic E-state index is 0.0461. The van der Waals surface area contributed by atoms with Gasteiger partial charge in [-0.1, -0.05) is 43.6 Å². The minimum Gasteiger partial charge on any atom is -0.508 e. The number of imide groups is 1. The maximum absolute atomic E-state index is 16.5. The first kappa shape index (κ1) is 85.1. The van der Waals surface area contributed by atoms with E-state index < -0.39 is 190 Å². The highest BCUT2D eigenvalue weighted by molar-refractivity contribution is 7.88. The summed E-state index contributed by atoms with van der Waals surface area (Å²) < 4.78 is 56.9. The highest BCUT2D eigenvalue weighted by Crippen LogP contribution is 2.55. The molecule has 6 aromatic rings. The lowest BCUT2D eigenvalue weighted by atomic mass is 9.54. The van der Waals surface area contributed by atoms with Crippen LogP contribution in [0, 0.1) is 43.4 Å². The van der Waals surface area contributed by atoms with Crippen LogP contribution < -0.4 is 82.6 Å². The summed E-state index contributed by atoms with van der Waals surface area (Å²) in [6.07, 6.45) is -8.85. The number of carbonyl (C=O) groups is 9. The van der Waals surface area contributed by atoms with E-state index in [2.05, 4.69) is 57.9 Å². The van der Waals surface area contributed by atoms with Gasteiger partial charge in [-0.25, -0.2) is 17.9 Å². The smallest absolute Gasteiger partial charge is 0.325 e. The standard InChI is InChI=1S/C81H95ClN12O23S/c1-34(2)19-51(84-5)73(103)93-65-67(98)40-8-15-54(35(3)20-40)114-56-29-44-30-57(72(56)117-80-71(102)70(101)69(100)58(33-83)116-80)115-55-16-9-41(28-50(55)82)68(99)66-79(109)92-64(77(107)89-61-42-23-37-22-38(25-42)26-43(61)24-37)49-31-46(95)21-36(4)60(49)48-27-39(7-14-53(48)96)62(75(105)94-66)91-76(106)63(44)90-74(104)52(87-78(65)108)32-59(97)88-81(110)86-45-10-12-47(13-11-45)113-18-17-85-118(6,111)112/h7-16,20-21,27-31,34,37-38,42-43,51-52,58,61-71,80,84-85,95-96,98-102H,17-19,22-26,32-33,83H2,1-6H3,(H,87,108)(H,89,107)(H,90,104)(H,91,106)(H,92,109)(H,93,103)(H,94,105)(H2,86,88,97,110)/t37?,38?,42?,43?,51-,52+,58-,61?,62-,63-,64+,65-,66+,67-,68-,69-,70+,71-,80+/m1/s1. The van der Waals surface area contributed by atoms with Crippen molar-refractivity contribution in [1.82, 2.24) is 52.6 Å². The summed E-state index contributed by atoms with van der Waals surface area (Å²) in [6, 6.07) is 6.51. The molecule has 1 saturated heterocycles. The largest absolute Gasteiger partial charge is 0.508 e. The molecule has 5 fully saturated rings. The molecule has 15 bridgehead atoms. The lowest BCUT2D eigenvalue weighted by Gasteiger charge is -2.54. The predicted molar refractivity (Wildman–Crippen MR) is 422 cm³/mol. The Balaban J connectivity index is 0.971. The van der Waals surface area contributed by atoms with Crippen molar-refractivity contribution in [3.05, 3.63) is 147 Å². The molecular formula is C81H95ClN12O23S. The van der Waals surface area contributed by atoms with Gasteiger partial charge in [0.15, 0.2) is 11.5 Å². The SMILES string of the molecule is CN[C@H](CC(C)C)C(=O)N[C@H]1C(=O)N[C@@H](CC(=O)NC(=O)Nc2ccc(OCCNS(C)(=O)=O)cc2)C(=O)N[C@H]2C(=O)N[C@H]3C(=O)N[C@H](C(=O)N[C@H](C(=O)NC4C5CC6CC(C5)CC4C6)c4cc(O)cc(C)c4-c4cc3ccc4O)[C@H](O)c3ccc(c(Cl)c3)Oc3cc2cc(c3O[C@@H]2O[C@H](CN)[C@@H](O)[C@H](O)[C@H]2O)Oc2ccc(cc2C)[C@H]1O. The van der Waals surface area contributed by atoms with Gasteiger partial charge in [0, 0.05) is 30.4 Å². The predicted octanol–water partition coefficient (Wildman–Crippen LogP) is 2.74. The monoisotopic (exact) mass is 1670 g/mol. The summed E-state index contributed by atoms with van der Waals surface area (Å²) in [5.41, 5.74) is 5.59. The molecule has 10 aliphatic rings. The molecule has 20 N–H and O–H groups in total. The van der Waals surface area contributed by atoms with Gasteiger partial charge < -0.3 is 113 Å². The summed E-state index contributed by atoms with van der Waals surface area (Å²) in [6.45, 7) is 6.14. The van der Waals surface area contributed by atoms with E-state index >= 15 is 28.8 Å². The summed E-state index contributed by atoms with van der Waals surface area (Å²) in [7, 11) is -2.03. The first-order valence-corrected chi connectivity index (χ1v) is 41.0. The number of aryl methyl sites for hydroxylation is 2. The number of nitrogens with two attached hydrogens (primary N) is 1. The molecule has 37 heteroatoms. The number of amides is 10. The Morgan fingerprint density at radius 3 is 1.94 bits per heavy atom. The van der Waals surface area contributed by atoms with Gasteiger partial charge in [-0.2, -0.15) is 0 Å². The molecule has 10 amide bonds. The average molecular weight is 1670 g/mol. The number of halogens is 1. The van der Waals surface area contributed by atoms with Crippen LogP contribution in [0.3, 0.4) is 0 Å². The molecule has 630 valence electrons. The number of anilines is 1. The van der Waals surface area contributed by atoms with Gasteiger partial charge in [0.1, 0.15) is 108 Å². The number of aliphatic hydroxyl groups excluding tert-OH is 5. The molecule has 118 heavy (non-hydrogen) atoms. The Kier molecular flexibility index (Phi) is 25.6. The zero-order valence-electron chi connectivity index (χ0n) is 65.0. The second-order valence-electron chi connectivity index (χ2n) is 31.6. The molecule has 6 aliphatic heterocycles. The third-order valence-electron chi connectivity index (χ3n) is 22.5. The third-order valence-corrected chi connectivity index (χ3v) is 23.6. The van der Waals surface area contributed by atoms with Crippen LogP contribution in [0.15, 0.2) is 103 Å². The molecule has 14 atom stereocenters. The van der Waals surface area contributed by atoms with Gasteiger partial charge in [0.05, 0.1) is 23.7 Å². The summed E-state index contributed by atoms with van der Waals surface area (Å²) in [4.78, 5) is 138. The van der Waals surface area contributed by atoms with E-state index in [1.54, 1.807) is 6.92 Å². The second kappa shape index (κ2) is 35.4. The van der Waals surface area contributed by atoms with Gasteiger partial charge in [-0.3, -0.25) is 43.7 Å². The fraction of sp³-hybridized carbons (Fsp3) is 0.444. The van der Waals surface area contributed by atoms with Gasteiger partial charge in [-0.15, -0.1) is 0 Å². The third kappa shape index (κ3) is 18.9. The van der Waals surface area contributed by atoms with Crippen LogP contribution in [0.25, 0.3) is 11.1 Å². The number of urea groups is 1. The molecule has 0 spiro atoms. The van der Waals surface area contributed by atoms with Crippen molar-refractivity contribution in [2.24, 2.45) is 35.3 Å². The number of rotatable bonds is 18. The summed E-state index contributed by atoms with van der Waals surface area (Å²) in [5.74, 6) is -11.0. The van der Waals surface area contributed by atoms with Crippen LogP contribution in [0.2, 0.25) is 5.02 Å².